The molecule has 2 aromatic carbocycles. The van der Waals surface area contributed by atoms with Crippen molar-refractivity contribution in [1.29, 1.82) is 0 Å². The standard InChI is InChI=1S/C13H10N2/c14-11-5-6-13-10(8-11)7-9-3-1-2-4-12(9)15-13/h1-8H,14H2/p+2. The molecule has 3 rings (SSSR count). The zero-order chi connectivity index (χ0) is 10.3. The third-order valence-corrected chi connectivity index (χ3v) is 2.66. The van der Waals surface area contributed by atoms with E-state index in [1.165, 1.54) is 16.3 Å². The summed E-state index contributed by atoms with van der Waals surface area (Å²) in [7, 11) is 0. The fourth-order valence-electron chi connectivity index (χ4n) is 1.89. The topological polar surface area (TPSA) is 41.8 Å². The number of hydrogen-bond donors (Lipinski definition) is 1. The highest BCUT2D eigenvalue weighted by Crippen LogP contribution is 2.17. The molecule has 0 saturated carbocycles. The molecule has 0 saturated heterocycles. The van der Waals surface area contributed by atoms with E-state index in [1.54, 1.807) is 0 Å². The number of quaternary nitrogens is 1. The van der Waals surface area contributed by atoms with Crippen molar-refractivity contribution in [2.75, 3.05) is 0 Å². The van der Waals surface area contributed by atoms with Crippen LogP contribution >= 0.6 is 0 Å². The Hall–Kier alpha value is -1.93. The van der Waals surface area contributed by atoms with Gasteiger partial charge in [0.1, 0.15) is 5.69 Å². The van der Waals surface area contributed by atoms with Crippen LogP contribution in [-0.4, -0.2) is 0 Å². The molecule has 72 valence electrons. The molecule has 0 aliphatic rings. The van der Waals surface area contributed by atoms with E-state index < -0.39 is 0 Å². The maximum absolute atomic E-state index is 3.94. The highest BCUT2D eigenvalue weighted by atomic mass is 14.7. The molecule has 1 aromatic heterocycles. The van der Waals surface area contributed by atoms with Crippen LogP contribution in [0.2, 0.25) is 0 Å². The van der Waals surface area contributed by atoms with E-state index in [4.69, 9.17) is 0 Å². The van der Waals surface area contributed by atoms with Crippen molar-refractivity contribution in [3.63, 3.8) is 0 Å². The lowest BCUT2D eigenvalue weighted by atomic mass is 10.1. The van der Waals surface area contributed by atoms with Gasteiger partial charge in [-0.3, -0.25) is 0 Å². The summed E-state index contributed by atoms with van der Waals surface area (Å²) in [4.78, 5) is 3.41. The van der Waals surface area contributed by atoms with Crippen molar-refractivity contribution in [2.45, 2.75) is 0 Å². The Morgan fingerprint density at radius 2 is 1.60 bits per heavy atom. The van der Waals surface area contributed by atoms with Gasteiger partial charge in [-0.05, 0) is 12.1 Å². The molecule has 0 amide bonds. The minimum Gasteiger partial charge on any atom is -0.325 e. The third kappa shape index (κ3) is 1.35. The molecular formula is C13H12N2+2. The quantitative estimate of drug-likeness (QED) is 0.532. The summed E-state index contributed by atoms with van der Waals surface area (Å²) < 4.78 is 0. The van der Waals surface area contributed by atoms with Gasteiger partial charge in [0.05, 0.1) is 5.39 Å². The van der Waals surface area contributed by atoms with Gasteiger partial charge in [0, 0.05) is 29.7 Å². The summed E-state index contributed by atoms with van der Waals surface area (Å²) in [5.74, 6) is 0. The highest BCUT2D eigenvalue weighted by Gasteiger charge is 2.05. The first-order valence-corrected chi connectivity index (χ1v) is 5.00. The fraction of sp³-hybridized carbons (Fsp3) is 0. The summed E-state index contributed by atoms with van der Waals surface area (Å²) in [5, 5.41) is 2.44. The zero-order valence-electron chi connectivity index (χ0n) is 8.33. The van der Waals surface area contributed by atoms with Crippen LogP contribution in [0.25, 0.3) is 21.8 Å². The minimum absolute atomic E-state index is 1.05. The van der Waals surface area contributed by atoms with Crippen molar-refractivity contribution >= 4 is 27.5 Å². The number of benzene rings is 2. The number of H-pyrrole nitrogens is 1. The first-order valence-electron chi connectivity index (χ1n) is 5.00. The predicted octanol–water partition coefficient (Wildman–Crippen LogP) is 1.68. The molecule has 15 heavy (non-hydrogen) atoms. The van der Waals surface area contributed by atoms with Gasteiger partial charge in [0.25, 0.3) is 0 Å². The highest BCUT2D eigenvalue weighted by molar-refractivity contribution is 5.89. The van der Waals surface area contributed by atoms with E-state index in [-0.39, 0.29) is 0 Å². The van der Waals surface area contributed by atoms with Crippen LogP contribution in [0, 0.1) is 0 Å². The molecule has 2 nitrogen and oxygen atoms in total. The average molecular weight is 196 g/mol. The first-order chi connectivity index (χ1) is 7.33. The normalized spacial score (nSPS) is 11.0. The van der Waals surface area contributed by atoms with Crippen LogP contribution in [0.3, 0.4) is 0 Å². The van der Waals surface area contributed by atoms with Crippen LogP contribution in [0.1, 0.15) is 0 Å². The lowest BCUT2D eigenvalue weighted by molar-refractivity contribution is -0.310. The van der Waals surface area contributed by atoms with Crippen LogP contribution in [0.5, 0.6) is 0 Å². The number of aromatic amines is 1. The predicted molar refractivity (Wildman–Crippen MR) is 60.6 cm³/mol. The van der Waals surface area contributed by atoms with Gasteiger partial charge in [-0.2, -0.15) is 0 Å². The molecule has 0 radical (unpaired) electrons. The molecule has 0 aliphatic carbocycles. The molecule has 3 aromatic rings. The Bertz CT molecular complexity index is 644. The van der Waals surface area contributed by atoms with Gasteiger partial charge < -0.3 is 5.73 Å². The molecular weight excluding hydrogens is 184 g/mol. The second-order valence-corrected chi connectivity index (χ2v) is 3.78. The van der Waals surface area contributed by atoms with Crippen molar-refractivity contribution in [2.24, 2.45) is 0 Å². The molecule has 2 heteroatoms. The summed E-state index contributed by atoms with van der Waals surface area (Å²) in [6, 6.07) is 16.7. The van der Waals surface area contributed by atoms with E-state index in [2.05, 4.69) is 47.1 Å². The van der Waals surface area contributed by atoms with Gasteiger partial charge in [-0.15, -0.1) is 0 Å². The number of para-hydroxylation sites is 1. The summed E-state index contributed by atoms with van der Waals surface area (Å²) in [6.07, 6.45) is 0. The number of pyridine rings is 1. The molecule has 0 atom stereocenters. The number of aromatic nitrogens is 1. The van der Waals surface area contributed by atoms with Gasteiger partial charge in [0.2, 0.25) is 11.0 Å². The minimum atomic E-state index is 1.05. The van der Waals surface area contributed by atoms with Crippen LogP contribution in [0.4, 0.5) is 5.69 Å². The van der Waals surface area contributed by atoms with E-state index in [9.17, 15) is 0 Å². The third-order valence-electron chi connectivity index (χ3n) is 2.66. The van der Waals surface area contributed by atoms with Crippen LogP contribution in [0.15, 0.2) is 48.5 Å². The Balaban J connectivity index is 2.47. The average Bonchev–Trinajstić information content (AvgIpc) is 2.26. The smallest absolute Gasteiger partial charge is 0.211 e. The summed E-state index contributed by atoms with van der Waals surface area (Å²) >= 11 is 0. The second kappa shape index (κ2) is 3.04. The number of nitrogens with one attached hydrogen (secondary N) is 1. The molecule has 0 fully saturated rings. The fourth-order valence-corrected chi connectivity index (χ4v) is 1.89. The molecule has 0 spiro atoms. The number of rotatable bonds is 0. The SMILES string of the molecule is [NH3+]c1ccc2[nH+]c3ccccc3cc2c1. The molecule has 0 bridgehead atoms. The Labute approximate surface area is 87.4 Å². The Morgan fingerprint density at radius 1 is 0.800 bits per heavy atom. The molecule has 1 heterocycles. The van der Waals surface area contributed by atoms with Gasteiger partial charge in [-0.1, -0.05) is 12.1 Å². The van der Waals surface area contributed by atoms with Crippen molar-refractivity contribution in [3.8, 4) is 0 Å². The van der Waals surface area contributed by atoms with Crippen LogP contribution < -0.4 is 10.7 Å². The summed E-state index contributed by atoms with van der Waals surface area (Å²) in [6.45, 7) is 0. The largest absolute Gasteiger partial charge is 0.325 e. The molecule has 0 unspecified atom stereocenters. The van der Waals surface area contributed by atoms with Crippen molar-refractivity contribution in [3.05, 3.63) is 48.5 Å². The Morgan fingerprint density at radius 3 is 2.53 bits per heavy atom. The lowest BCUT2D eigenvalue weighted by Crippen LogP contribution is -2.39. The number of fused-ring (bicyclic) bond motifs is 2. The van der Waals surface area contributed by atoms with E-state index in [0.29, 0.717) is 0 Å². The first kappa shape index (κ1) is 8.38. The van der Waals surface area contributed by atoms with Gasteiger partial charge >= 0.3 is 0 Å². The summed E-state index contributed by atoms with van der Waals surface area (Å²) in [5.41, 5.74) is 7.31. The zero-order valence-corrected chi connectivity index (χ0v) is 8.33. The van der Waals surface area contributed by atoms with Crippen molar-refractivity contribution in [1.82, 2.24) is 0 Å². The van der Waals surface area contributed by atoms with Crippen LogP contribution in [-0.2, 0) is 0 Å². The second-order valence-electron chi connectivity index (χ2n) is 3.78. The number of hydrogen-bond acceptors (Lipinski definition) is 0. The lowest BCUT2D eigenvalue weighted by Gasteiger charge is -1.95. The Kier molecular flexibility index (Phi) is 1.70. The monoisotopic (exact) mass is 196 g/mol. The van der Waals surface area contributed by atoms with Gasteiger partial charge in [0.15, 0.2) is 0 Å². The van der Waals surface area contributed by atoms with E-state index in [0.717, 1.165) is 11.2 Å². The van der Waals surface area contributed by atoms with Crippen molar-refractivity contribution < 1.29 is 10.7 Å². The van der Waals surface area contributed by atoms with E-state index >= 15 is 0 Å². The van der Waals surface area contributed by atoms with E-state index in [1.807, 2.05) is 12.1 Å². The molecule has 0 aliphatic heterocycles. The molecule has 4 N–H and O–H groups in total. The van der Waals surface area contributed by atoms with Gasteiger partial charge in [-0.25, -0.2) is 4.98 Å². The maximum Gasteiger partial charge on any atom is 0.211 e. The maximum atomic E-state index is 3.94.